The molecule has 36 heavy (non-hydrogen) atoms. The summed E-state index contributed by atoms with van der Waals surface area (Å²) < 4.78 is 37.0. The fourth-order valence-corrected chi connectivity index (χ4v) is 3.39. The number of methoxy groups -OCH3 is 1. The number of fused-ring (bicyclic) bond motifs is 1. The fourth-order valence-electron chi connectivity index (χ4n) is 3.39. The summed E-state index contributed by atoms with van der Waals surface area (Å²) in [6.07, 6.45) is 1.56. The van der Waals surface area contributed by atoms with Crippen LogP contribution >= 0.6 is 0 Å². The van der Waals surface area contributed by atoms with E-state index < -0.39 is 11.8 Å². The van der Waals surface area contributed by atoms with E-state index in [0.29, 0.717) is 40.5 Å². The van der Waals surface area contributed by atoms with Crippen molar-refractivity contribution in [3.8, 4) is 23.0 Å². The summed E-state index contributed by atoms with van der Waals surface area (Å²) in [6, 6.07) is 10.3. The number of anilines is 2. The molecule has 2 aromatic carbocycles. The van der Waals surface area contributed by atoms with Gasteiger partial charge in [-0.05, 0) is 31.2 Å². The van der Waals surface area contributed by atoms with E-state index in [2.05, 4.69) is 20.8 Å². The van der Waals surface area contributed by atoms with E-state index >= 15 is 0 Å². The lowest BCUT2D eigenvalue weighted by molar-refractivity contribution is 0.262. The number of nitrogens with zero attached hydrogens (tertiary/aromatic N) is 2. The summed E-state index contributed by atoms with van der Waals surface area (Å²) in [5.41, 5.74) is 0.588. The molecule has 4 rings (SSSR count). The van der Waals surface area contributed by atoms with Crippen molar-refractivity contribution in [2.24, 2.45) is 0 Å². The lowest BCUT2D eigenvalue weighted by Gasteiger charge is -2.14. The summed E-state index contributed by atoms with van der Waals surface area (Å²) in [7, 11) is 1.55. The highest BCUT2D eigenvalue weighted by Crippen LogP contribution is 2.37. The zero-order valence-electron chi connectivity index (χ0n) is 20.6. The van der Waals surface area contributed by atoms with Gasteiger partial charge in [0.25, 0.3) is 0 Å². The predicted octanol–water partition coefficient (Wildman–Crippen LogP) is 6.50. The number of nitrogens with one attached hydrogen (secondary N) is 2. The second-order valence-electron chi connectivity index (χ2n) is 8.92. The highest BCUT2D eigenvalue weighted by molar-refractivity contribution is 5.99. The van der Waals surface area contributed by atoms with Gasteiger partial charge in [0.05, 0.1) is 19.2 Å². The molecule has 0 atom stereocenters. The summed E-state index contributed by atoms with van der Waals surface area (Å²) >= 11 is 0. The van der Waals surface area contributed by atoms with Gasteiger partial charge in [0.2, 0.25) is 0 Å². The summed E-state index contributed by atoms with van der Waals surface area (Å²) in [4.78, 5) is 16.7. The molecule has 0 unspecified atom stereocenters. The van der Waals surface area contributed by atoms with Gasteiger partial charge in [-0.25, -0.2) is 9.18 Å². The second-order valence-corrected chi connectivity index (χ2v) is 8.92. The number of amides is 2. The van der Waals surface area contributed by atoms with Crippen molar-refractivity contribution in [1.82, 2.24) is 10.1 Å². The number of hydrogen-bond donors (Lipinski definition) is 2. The molecular weight excluding hydrogens is 467 g/mol. The van der Waals surface area contributed by atoms with E-state index in [0.717, 1.165) is 6.07 Å². The van der Waals surface area contributed by atoms with Gasteiger partial charge < -0.3 is 24.1 Å². The molecule has 188 valence electrons. The molecule has 0 radical (unpaired) electrons. The second kappa shape index (κ2) is 10.1. The number of pyridine rings is 1. The SMILES string of the molecule is CCOc1cc2c(Oc3ccc(NC(=O)Nc4cc(C(C)(C)C)on4)cc3F)ccnc2cc1OC. The minimum atomic E-state index is -0.659. The van der Waals surface area contributed by atoms with Crippen LogP contribution in [0.15, 0.2) is 53.2 Å². The molecule has 0 saturated heterocycles. The lowest BCUT2D eigenvalue weighted by atomic mass is 9.93. The largest absolute Gasteiger partial charge is 0.493 e. The zero-order chi connectivity index (χ0) is 25.9. The molecule has 0 aliphatic rings. The topological polar surface area (TPSA) is 108 Å². The van der Waals surface area contributed by atoms with E-state index in [-0.39, 0.29) is 22.7 Å². The van der Waals surface area contributed by atoms with Crippen LogP contribution in [-0.2, 0) is 5.41 Å². The van der Waals surface area contributed by atoms with Crippen LogP contribution in [0.5, 0.6) is 23.0 Å². The van der Waals surface area contributed by atoms with Crippen molar-refractivity contribution in [3.63, 3.8) is 0 Å². The fraction of sp³-hybridized carbons (Fsp3) is 0.269. The highest BCUT2D eigenvalue weighted by atomic mass is 19.1. The molecule has 2 aromatic heterocycles. The van der Waals surface area contributed by atoms with E-state index in [1.165, 1.54) is 12.1 Å². The van der Waals surface area contributed by atoms with Crippen LogP contribution in [0.3, 0.4) is 0 Å². The third kappa shape index (κ3) is 5.48. The molecule has 2 heterocycles. The Balaban J connectivity index is 1.50. The standard InChI is InChI=1S/C26H27FN4O5/c1-6-34-22-12-16-18(13-21(22)33-5)28-10-9-19(16)35-20-8-7-15(11-17(20)27)29-25(32)30-24-14-23(36-31-24)26(2,3)4/h7-14H,6H2,1-5H3,(H2,29,30,31,32). The molecule has 0 fully saturated rings. The molecule has 0 aliphatic carbocycles. The summed E-state index contributed by atoms with van der Waals surface area (Å²) in [5.74, 6) is 1.65. The van der Waals surface area contributed by atoms with Gasteiger partial charge in [0.15, 0.2) is 28.9 Å². The lowest BCUT2D eigenvalue weighted by Crippen LogP contribution is -2.19. The molecule has 0 spiro atoms. The predicted molar refractivity (Wildman–Crippen MR) is 134 cm³/mol. The molecule has 2 N–H and O–H groups in total. The Hall–Kier alpha value is -4.34. The maximum atomic E-state index is 14.9. The van der Waals surface area contributed by atoms with Crippen molar-refractivity contribution in [2.45, 2.75) is 33.1 Å². The van der Waals surface area contributed by atoms with Crippen LogP contribution in [0.25, 0.3) is 10.9 Å². The first-order chi connectivity index (χ1) is 17.2. The third-order valence-electron chi connectivity index (χ3n) is 5.19. The smallest absolute Gasteiger partial charge is 0.324 e. The first kappa shape index (κ1) is 24.8. The number of rotatable bonds is 7. The van der Waals surface area contributed by atoms with Crippen LogP contribution in [0.2, 0.25) is 0 Å². The van der Waals surface area contributed by atoms with Crippen molar-refractivity contribution >= 4 is 28.4 Å². The van der Waals surface area contributed by atoms with Gasteiger partial charge in [-0.1, -0.05) is 25.9 Å². The van der Waals surface area contributed by atoms with Crippen molar-refractivity contribution in [2.75, 3.05) is 24.4 Å². The Kier molecular flexibility index (Phi) is 6.96. The van der Waals surface area contributed by atoms with E-state index in [1.807, 2.05) is 27.7 Å². The number of aromatic nitrogens is 2. The number of carbonyl (C=O) groups is 1. The molecule has 4 aromatic rings. The number of benzene rings is 2. The summed E-state index contributed by atoms with van der Waals surface area (Å²) in [6.45, 7) is 8.21. The zero-order valence-corrected chi connectivity index (χ0v) is 20.6. The number of carbonyl (C=O) groups excluding carboxylic acids is 1. The Morgan fingerprint density at radius 2 is 1.83 bits per heavy atom. The maximum Gasteiger partial charge on any atom is 0.324 e. The van der Waals surface area contributed by atoms with Crippen molar-refractivity contribution in [1.29, 1.82) is 0 Å². The van der Waals surface area contributed by atoms with E-state index in [1.54, 1.807) is 37.6 Å². The van der Waals surface area contributed by atoms with Crippen molar-refractivity contribution in [3.05, 3.63) is 60.2 Å². The average molecular weight is 495 g/mol. The Bertz CT molecular complexity index is 1400. The first-order valence-electron chi connectivity index (χ1n) is 11.3. The van der Waals surface area contributed by atoms with Gasteiger partial charge in [-0.15, -0.1) is 0 Å². The first-order valence-corrected chi connectivity index (χ1v) is 11.3. The Morgan fingerprint density at radius 3 is 2.50 bits per heavy atom. The van der Waals surface area contributed by atoms with E-state index in [4.69, 9.17) is 18.7 Å². The van der Waals surface area contributed by atoms with Gasteiger partial charge >= 0.3 is 6.03 Å². The average Bonchev–Trinajstić information content (AvgIpc) is 3.30. The summed E-state index contributed by atoms with van der Waals surface area (Å²) in [5, 5.41) is 9.59. The van der Waals surface area contributed by atoms with Gasteiger partial charge in [-0.3, -0.25) is 10.3 Å². The molecule has 0 bridgehead atoms. The monoisotopic (exact) mass is 494 g/mol. The minimum Gasteiger partial charge on any atom is -0.493 e. The van der Waals surface area contributed by atoms with Crippen LogP contribution in [0.1, 0.15) is 33.5 Å². The quantitative estimate of drug-likeness (QED) is 0.302. The van der Waals surface area contributed by atoms with Gasteiger partial charge in [0.1, 0.15) is 11.5 Å². The number of ether oxygens (including phenoxy) is 3. The van der Waals surface area contributed by atoms with E-state index in [9.17, 15) is 9.18 Å². The van der Waals surface area contributed by atoms with Gasteiger partial charge in [0, 0.05) is 40.9 Å². The molecule has 9 nitrogen and oxygen atoms in total. The van der Waals surface area contributed by atoms with Crippen LogP contribution in [0.4, 0.5) is 20.7 Å². The minimum absolute atomic E-state index is 0.0199. The third-order valence-corrected chi connectivity index (χ3v) is 5.19. The van der Waals surface area contributed by atoms with Gasteiger partial charge in [-0.2, -0.15) is 0 Å². The normalized spacial score (nSPS) is 11.3. The molecule has 0 saturated carbocycles. The number of urea groups is 1. The molecule has 2 amide bonds. The number of hydrogen-bond acceptors (Lipinski definition) is 7. The molecule has 10 heteroatoms. The van der Waals surface area contributed by atoms with Crippen LogP contribution in [0, 0.1) is 5.82 Å². The van der Waals surface area contributed by atoms with Crippen molar-refractivity contribution < 1.29 is 27.9 Å². The van der Waals surface area contributed by atoms with Crippen LogP contribution in [-0.4, -0.2) is 29.9 Å². The highest BCUT2D eigenvalue weighted by Gasteiger charge is 2.20. The number of halogens is 1. The Morgan fingerprint density at radius 1 is 1.03 bits per heavy atom. The molecule has 0 aliphatic heterocycles. The maximum absolute atomic E-state index is 14.9. The van der Waals surface area contributed by atoms with Crippen LogP contribution < -0.4 is 24.8 Å². The molecular formula is C26H27FN4O5. The Labute approximate surface area is 207 Å².